The van der Waals surface area contributed by atoms with Crippen LogP contribution in [0.25, 0.3) is 0 Å². The Labute approximate surface area is 111 Å². The molecule has 0 amide bonds. The van der Waals surface area contributed by atoms with Gasteiger partial charge in [0.05, 0.1) is 5.69 Å². The Kier molecular flexibility index (Phi) is 3.82. The number of halogens is 1. The molecule has 0 aliphatic carbocycles. The number of carbonyl (C=O) groups is 1. The number of benzene rings is 1. The molecule has 1 aromatic carbocycles. The number of hydrogen-bond donors (Lipinski definition) is 0. The Hall–Kier alpha value is -1.61. The predicted molar refractivity (Wildman–Crippen MR) is 71.8 cm³/mol. The lowest BCUT2D eigenvalue weighted by Gasteiger charge is -2.01. The van der Waals surface area contributed by atoms with E-state index >= 15 is 0 Å². The lowest BCUT2D eigenvalue weighted by molar-refractivity contribution is -0.117. The van der Waals surface area contributed by atoms with Gasteiger partial charge in [0.25, 0.3) is 0 Å². The number of Topliss-reactive ketones (excluding diaryl/α,β-unsaturated/α-hetero) is 1. The second kappa shape index (κ2) is 5.36. The molecule has 4 heteroatoms. The lowest BCUT2D eigenvalue weighted by atomic mass is 10.0. The van der Waals surface area contributed by atoms with Crippen molar-refractivity contribution in [1.82, 2.24) is 9.78 Å². The smallest absolute Gasteiger partial charge is 0.141 e. The van der Waals surface area contributed by atoms with Gasteiger partial charge in [0.1, 0.15) is 10.9 Å². The second-order valence-electron chi connectivity index (χ2n) is 4.36. The van der Waals surface area contributed by atoms with E-state index in [1.54, 1.807) is 11.7 Å². The van der Waals surface area contributed by atoms with Crippen LogP contribution < -0.4 is 0 Å². The van der Waals surface area contributed by atoms with Crippen LogP contribution in [0.1, 0.15) is 16.8 Å². The van der Waals surface area contributed by atoms with Crippen LogP contribution in [0.2, 0.25) is 5.15 Å². The molecular weight excluding hydrogens is 248 g/mol. The molecule has 0 atom stereocenters. The number of aromatic nitrogens is 2. The summed E-state index contributed by atoms with van der Waals surface area (Å²) in [6, 6.07) is 9.72. The van der Waals surface area contributed by atoms with E-state index in [9.17, 15) is 4.79 Å². The predicted octanol–water partition coefficient (Wildman–Crippen LogP) is 2.74. The van der Waals surface area contributed by atoms with Crippen molar-refractivity contribution in [1.29, 1.82) is 0 Å². The Morgan fingerprint density at radius 1 is 1.28 bits per heavy atom. The fourth-order valence-corrected chi connectivity index (χ4v) is 2.20. The monoisotopic (exact) mass is 262 g/mol. The highest BCUT2D eigenvalue weighted by Gasteiger charge is 2.15. The molecule has 0 spiro atoms. The molecule has 18 heavy (non-hydrogen) atoms. The van der Waals surface area contributed by atoms with Gasteiger partial charge >= 0.3 is 0 Å². The molecule has 0 unspecified atom stereocenters. The van der Waals surface area contributed by atoms with Crippen molar-refractivity contribution >= 4 is 17.4 Å². The van der Waals surface area contributed by atoms with Crippen LogP contribution in [0.5, 0.6) is 0 Å². The van der Waals surface area contributed by atoms with Gasteiger partial charge in [-0.15, -0.1) is 0 Å². The third-order valence-corrected chi connectivity index (χ3v) is 3.36. The van der Waals surface area contributed by atoms with E-state index in [0.717, 1.165) is 16.8 Å². The first-order valence-electron chi connectivity index (χ1n) is 5.81. The Morgan fingerprint density at radius 2 is 1.94 bits per heavy atom. The molecule has 1 aromatic heterocycles. The van der Waals surface area contributed by atoms with Crippen molar-refractivity contribution in [2.45, 2.75) is 19.8 Å². The van der Waals surface area contributed by atoms with Crippen LogP contribution >= 0.6 is 11.6 Å². The van der Waals surface area contributed by atoms with Gasteiger partial charge < -0.3 is 0 Å². The highest BCUT2D eigenvalue weighted by atomic mass is 35.5. The lowest BCUT2D eigenvalue weighted by Crippen LogP contribution is -2.07. The van der Waals surface area contributed by atoms with Gasteiger partial charge in [0.2, 0.25) is 0 Å². The minimum atomic E-state index is 0.152. The highest BCUT2D eigenvalue weighted by molar-refractivity contribution is 6.30. The number of carbonyl (C=O) groups excluding carboxylic acids is 1. The molecule has 3 nitrogen and oxygen atoms in total. The van der Waals surface area contributed by atoms with E-state index in [-0.39, 0.29) is 5.78 Å². The number of nitrogens with zero attached hydrogens (tertiary/aromatic N) is 2. The summed E-state index contributed by atoms with van der Waals surface area (Å²) in [5.74, 6) is 0.152. The molecule has 0 bridgehead atoms. The summed E-state index contributed by atoms with van der Waals surface area (Å²) in [5.41, 5.74) is 2.68. The van der Waals surface area contributed by atoms with E-state index in [1.165, 1.54) is 0 Å². The molecule has 0 aliphatic rings. The summed E-state index contributed by atoms with van der Waals surface area (Å²) in [4.78, 5) is 12.0. The minimum absolute atomic E-state index is 0.152. The van der Waals surface area contributed by atoms with Gasteiger partial charge in [-0.25, -0.2) is 0 Å². The van der Waals surface area contributed by atoms with Crippen molar-refractivity contribution in [3.63, 3.8) is 0 Å². The molecule has 0 fully saturated rings. The quantitative estimate of drug-likeness (QED) is 0.849. The van der Waals surface area contributed by atoms with E-state index in [0.29, 0.717) is 18.0 Å². The average Bonchev–Trinajstić information content (AvgIpc) is 2.57. The van der Waals surface area contributed by atoms with E-state index in [2.05, 4.69) is 5.10 Å². The molecule has 2 rings (SSSR count). The first-order valence-corrected chi connectivity index (χ1v) is 6.19. The first-order chi connectivity index (χ1) is 8.58. The van der Waals surface area contributed by atoms with Crippen molar-refractivity contribution in [2.24, 2.45) is 7.05 Å². The molecule has 0 saturated carbocycles. The first kappa shape index (κ1) is 12.8. The summed E-state index contributed by atoms with van der Waals surface area (Å²) in [5, 5.41) is 4.75. The average molecular weight is 263 g/mol. The normalized spacial score (nSPS) is 10.6. The van der Waals surface area contributed by atoms with Gasteiger partial charge in [0, 0.05) is 25.5 Å². The summed E-state index contributed by atoms with van der Waals surface area (Å²) >= 11 is 6.11. The number of ketones is 1. The standard InChI is InChI=1S/C14H15ClN2O/c1-10-13(14(15)17(2)16-10)9-12(18)8-11-6-4-3-5-7-11/h3-7H,8-9H2,1-2H3. The largest absolute Gasteiger partial charge is 0.299 e. The molecule has 1 heterocycles. The van der Waals surface area contributed by atoms with Crippen molar-refractivity contribution < 1.29 is 4.79 Å². The molecule has 0 radical (unpaired) electrons. The molecule has 0 saturated heterocycles. The summed E-state index contributed by atoms with van der Waals surface area (Å²) in [7, 11) is 1.78. The van der Waals surface area contributed by atoms with Crippen LogP contribution in [0.15, 0.2) is 30.3 Å². The van der Waals surface area contributed by atoms with Crippen molar-refractivity contribution in [3.8, 4) is 0 Å². The highest BCUT2D eigenvalue weighted by Crippen LogP contribution is 2.19. The Balaban J connectivity index is 2.08. The SMILES string of the molecule is Cc1nn(C)c(Cl)c1CC(=O)Cc1ccccc1. The topological polar surface area (TPSA) is 34.9 Å². The minimum Gasteiger partial charge on any atom is -0.299 e. The number of rotatable bonds is 4. The van der Waals surface area contributed by atoms with Gasteiger partial charge in [-0.2, -0.15) is 5.10 Å². The zero-order valence-electron chi connectivity index (χ0n) is 10.5. The number of aryl methyl sites for hydroxylation is 2. The molecule has 0 aliphatic heterocycles. The van der Waals surface area contributed by atoms with Gasteiger partial charge in [-0.1, -0.05) is 41.9 Å². The van der Waals surface area contributed by atoms with Crippen LogP contribution in [0.4, 0.5) is 0 Å². The third kappa shape index (κ3) is 2.79. The summed E-state index contributed by atoms with van der Waals surface area (Å²) < 4.78 is 1.60. The fourth-order valence-electron chi connectivity index (χ4n) is 1.96. The Morgan fingerprint density at radius 3 is 2.50 bits per heavy atom. The molecule has 0 N–H and O–H groups in total. The Bertz CT molecular complexity index is 561. The number of hydrogen-bond acceptors (Lipinski definition) is 2. The van der Waals surface area contributed by atoms with Gasteiger partial charge in [-0.3, -0.25) is 9.48 Å². The second-order valence-corrected chi connectivity index (χ2v) is 4.71. The molecular formula is C14H15ClN2O. The van der Waals surface area contributed by atoms with Crippen LogP contribution in [-0.2, 0) is 24.7 Å². The van der Waals surface area contributed by atoms with Crippen LogP contribution in [0.3, 0.4) is 0 Å². The van der Waals surface area contributed by atoms with E-state index < -0.39 is 0 Å². The van der Waals surface area contributed by atoms with E-state index in [1.807, 2.05) is 37.3 Å². The van der Waals surface area contributed by atoms with Crippen molar-refractivity contribution in [3.05, 3.63) is 52.3 Å². The van der Waals surface area contributed by atoms with E-state index in [4.69, 9.17) is 11.6 Å². The zero-order valence-corrected chi connectivity index (χ0v) is 11.2. The summed E-state index contributed by atoms with van der Waals surface area (Å²) in [6.07, 6.45) is 0.777. The third-order valence-electron chi connectivity index (χ3n) is 2.89. The van der Waals surface area contributed by atoms with Gasteiger partial charge in [0.15, 0.2) is 0 Å². The maximum atomic E-state index is 12.0. The van der Waals surface area contributed by atoms with Gasteiger partial charge in [-0.05, 0) is 12.5 Å². The van der Waals surface area contributed by atoms with Crippen LogP contribution in [0, 0.1) is 6.92 Å². The summed E-state index contributed by atoms with van der Waals surface area (Å²) in [6.45, 7) is 1.87. The molecule has 94 valence electrons. The van der Waals surface area contributed by atoms with Crippen LogP contribution in [-0.4, -0.2) is 15.6 Å². The maximum absolute atomic E-state index is 12.0. The van der Waals surface area contributed by atoms with Crippen molar-refractivity contribution in [2.75, 3.05) is 0 Å². The maximum Gasteiger partial charge on any atom is 0.141 e. The molecule has 2 aromatic rings. The zero-order chi connectivity index (χ0) is 13.1. The fraction of sp³-hybridized carbons (Fsp3) is 0.286.